The van der Waals surface area contributed by atoms with E-state index < -0.39 is 0 Å². The molecular weight excluding hydrogens is 346 g/mol. The Balaban J connectivity index is 1.57. The van der Waals surface area contributed by atoms with Gasteiger partial charge in [0.25, 0.3) is 0 Å². The van der Waals surface area contributed by atoms with Crippen molar-refractivity contribution in [3.05, 3.63) is 70.7 Å². The van der Waals surface area contributed by atoms with Crippen LogP contribution in [-0.4, -0.2) is 43.3 Å². The molecule has 26 heavy (non-hydrogen) atoms. The summed E-state index contributed by atoms with van der Waals surface area (Å²) in [4.78, 5) is 2.48. The molecule has 5 atom stereocenters. The Morgan fingerprint density at radius 3 is 2.35 bits per heavy atom. The van der Waals surface area contributed by atoms with Gasteiger partial charge in [0.2, 0.25) is 0 Å². The van der Waals surface area contributed by atoms with Crippen LogP contribution >= 0.6 is 11.6 Å². The number of methoxy groups -OCH3 is 1. The number of rotatable bonds is 5. The molecule has 0 saturated carbocycles. The van der Waals surface area contributed by atoms with E-state index in [-0.39, 0.29) is 12.2 Å². The molecule has 0 radical (unpaired) electrons. The topological polar surface area (TPSA) is 21.7 Å². The minimum Gasteiger partial charge on any atom is -0.380 e. The smallest absolute Gasteiger partial charge is 0.108 e. The highest BCUT2D eigenvalue weighted by atomic mass is 35.5. The molecule has 1 unspecified atom stereocenters. The minimum absolute atomic E-state index is 0.0673. The monoisotopic (exact) mass is 371 g/mol. The average molecular weight is 372 g/mol. The van der Waals surface area contributed by atoms with Crippen LogP contribution in [0.15, 0.2) is 54.6 Å². The molecule has 4 heteroatoms. The predicted octanol–water partition coefficient (Wildman–Crippen LogP) is 4.70. The summed E-state index contributed by atoms with van der Waals surface area (Å²) in [5.41, 5.74) is 2.33. The average Bonchev–Trinajstić information content (AvgIpc) is 2.85. The van der Waals surface area contributed by atoms with E-state index in [1.165, 1.54) is 5.56 Å². The van der Waals surface area contributed by atoms with Crippen molar-refractivity contribution in [1.29, 1.82) is 0 Å². The number of fused-ring (bicyclic) bond motifs is 2. The molecule has 2 aromatic carbocycles. The summed E-state index contributed by atoms with van der Waals surface area (Å²) < 4.78 is 12.4. The van der Waals surface area contributed by atoms with Crippen molar-refractivity contribution in [3.63, 3.8) is 0 Å². The van der Waals surface area contributed by atoms with Gasteiger partial charge < -0.3 is 9.47 Å². The van der Waals surface area contributed by atoms with E-state index in [0.29, 0.717) is 18.2 Å². The van der Waals surface area contributed by atoms with Crippen molar-refractivity contribution in [2.45, 2.75) is 49.7 Å². The van der Waals surface area contributed by atoms with E-state index in [2.05, 4.69) is 48.3 Å². The lowest BCUT2D eigenvalue weighted by Crippen LogP contribution is -2.45. The lowest BCUT2D eigenvalue weighted by atomic mass is 9.97. The first-order valence-electron chi connectivity index (χ1n) is 9.36. The van der Waals surface area contributed by atoms with Gasteiger partial charge in [-0.1, -0.05) is 54.1 Å². The first-order valence-corrected chi connectivity index (χ1v) is 9.74. The summed E-state index contributed by atoms with van der Waals surface area (Å²) in [6.07, 6.45) is 3.68. The molecule has 2 aliphatic heterocycles. The molecule has 2 heterocycles. The van der Waals surface area contributed by atoms with Crippen molar-refractivity contribution in [2.24, 2.45) is 0 Å². The Hall–Kier alpha value is -1.39. The third kappa shape index (κ3) is 3.54. The van der Waals surface area contributed by atoms with Crippen LogP contribution in [0.5, 0.6) is 0 Å². The first-order chi connectivity index (χ1) is 12.7. The Kier molecular flexibility index (Phi) is 5.32. The number of hydrogen-bond acceptors (Lipinski definition) is 3. The molecule has 0 aromatic heterocycles. The number of nitrogens with zero attached hydrogens (tertiary/aromatic N) is 1. The van der Waals surface area contributed by atoms with Gasteiger partial charge in [-0.25, -0.2) is 0 Å². The van der Waals surface area contributed by atoms with Gasteiger partial charge >= 0.3 is 0 Å². The summed E-state index contributed by atoms with van der Waals surface area (Å²) >= 11 is 6.09. The highest BCUT2D eigenvalue weighted by molar-refractivity contribution is 6.30. The molecular formula is C22H26ClNO2. The predicted molar refractivity (Wildman–Crippen MR) is 105 cm³/mol. The molecule has 2 aliphatic rings. The number of hydrogen-bond donors (Lipinski definition) is 0. The summed E-state index contributed by atoms with van der Waals surface area (Å²) in [5, 5.41) is 0.751. The van der Waals surface area contributed by atoms with Gasteiger partial charge in [0.1, 0.15) is 6.10 Å². The molecule has 0 amide bonds. The zero-order valence-electron chi connectivity index (χ0n) is 15.3. The Labute approximate surface area is 160 Å². The van der Waals surface area contributed by atoms with E-state index >= 15 is 0 Å². The van der Waals surface area contributed by atoms with Crippen LogP contribution < -0.4 is 0 Å². The normalized spacial score (nSPS) is 29.7. The second-order valence-corrected chi connectivity index (χ2v) is 7.90. The fourth-order valence-corrected chi connectivity index (χ4v) is 4.67. The number of benzene rings is 2. The Morgan fingerprint density at radius 1 is 0.962 bits per heavy atom. The van der Waals surface area contributed by atoms with Gasteiger partial charge in [-0.05, 0) is 49.6 Å². The van der Waals surface area contributed by atoms with Crippen LogP contribution in [0.4, 0.5) is 0 Å². The highest BCUT2D eigenvalue weighted by Gasteiger charge is 2.46. The molecule has 2 fully saturated rings. The van der Waals surface area contributed by atoms with Crippen molar-refractivity contribution < 1.29 is 9.47 Å². The third-order valence-corrected chi connectivity index (χ3v) is 6.23. The van der Waals surface area contributed by atoms with E-state index in [0.717, 1.165) is 29.8 Å². The van der Waals surface area contributed by atoms with E-state index in [9.17, 15) is 0 Å². The number of ether oxygens (including phenoxy) is 2. The zero-order chi connectivity index (χ0) is 18.1. The van der Waals surface area contributed by atoms with Crippen LogP contribution in [0, 0.1) is 0 Å². The maximum Gasteiger partial charge on any atom is 0.108 e. The van der Waals surface area contributed by atoms with Gasteiger partial charge in [-0.2, -0.15) is 0 Å². The highest BCUT2D eigenvalue weighted by Crippen LogP contribution is 2.40. The summed E-state index contributed by atoms with van der Waals surface area (Å²) in [6, 6.07) is 19.5. The third-order valence-electron chi connectivity index (χ3n) is 5.98. The summed E-state index contributed by atoms with van der Waals surface area (Å²) in [6.45, 7) is 0. The molecule has 4 rings (SSSR count). The summed E-state index contributed by atoms with van der Waals surface area (Å²) in [5.74, 6) is 0. The summed E-state index contributed by atoms with van der Waals surface area (Å²) in [7, 11) is 4.05. The number of piperidine rings is 1. The molecule has 2 bridgehead atoms. The van der Waals surface area contributed by atoms with Gasteiger partial charge in [-0.15, -0.1) is 0 Å². The molecule has 138 valence electrons. The molecule has 2 aromatic rings. The molecule has 3 nitrogen and oxygen atoms in total. The van der Waals surface area contributed by atoms with Crippen molar-refractivity contribution in [3.8, 4) is 0 Å². The number of likely N-dealkylation sites (N-methyl/N-ethyl adjacent to an activating group) is 1. The maximum atomic E-state index is 6.70. The molecule has 0 N–H and O–H groups in total. The lowest BCUT2D eigenvalue weighted by molar-refractivity contribution is -0.0523. The van der Waals surface area contributed by atoms with Gasteiger partial charge in [-0.3, -0.25) is 4.90 Å². The van der Waals surface area contributed by atoms with Gasteiger partial charge in [0.05, 0.1) is 12.2 Å². The maximum absolute atomic E-state index is 6.70. The minimum atomic E-state index is -0.0673. The van der Waals surface area contributed by atoms with Crippen molar-refractivity contribution in [2.75, 3.05) is 14.2 Å². The molecule has 0 aliphatic carbocycles. The zero-order valence-corrected chi connectivity index (χ0v) is 16.1. The van der Waals surface area contributed by atoms with Crippen LogP contribution in [0.2, 0.25) is 5.02 Å². The Bertz CT molecular complexity index is 721. The quantitative estimate of drug-likeness (QED) is 0.760. The van der Waals surface area contributed by atoms with E-state index in [4.69, 9.17) is 21.1 Å². The van der Waals surface area contributed by atoms with Crippen LogP contribution in [0.3, 0.4) is 0 Å². The fourth-order valence-electron chi connectivity index (χ4n) is 4.55. The van der Waals surface area contributed by atoms with Crippen LogP contribution in [0.25, 0.3) is 0 Å². The van der Waals surface area contributed by atoms with Crippen molar-refractivity contribution in [1.82, 2.24) is 4.90 Å². The van der Waals surface area contributed by atoms with Crippen LogP contribution in [-0.2, 0) is 9.47 Å². The second-order valence-electron chi connectivity index (χ2n) is 7.47. The lowest BCUT2D eigenvalue weighted by Gasteiger charge is -2.38. The second kappa shape index (κ2) is 7.69. The number of halogens is 1. The van der Waals surface area contributed by atoms with E-state index in [1.807, 2.05) is 25.3 Å². The van der Waals surface area contributed by atoms with Gasteiger partial charge in [0.15, 0.2) is 0 Å². The SMILES string of the molecule is CO[C@@H]1C[C@@H]2C[C@@H](OC(c3ccccc3)c3ccc(Cl)cc3)C[C@@H]1N2C. The fraction of sp³-hybridized carbons (Fsp3) is 0.455. The van der Waals surface area contributed by atoms with Crippen LogP contribution in [0.1, 0.15) is 36.5 Å². The van der Waals surface area contributed by atoms with Gasteiger partial charge in [0, 0.05) is 24.2 Å². The largest absolute Gasteiger partial charge is 0.380 e. The Morgan fingerprint density at radius 2 is 1.65 bits per heavy atom. The molecule has 2 saturated heterocycles. The first kappa shape index (κ1) is 18.0. The molecule has 0 spiro atoms. The van der Waals surface area contributed by atoms with Crippen molar-refractivity contribution >= 4 is 11.6 Å². The van der Waals surface area contributed by atoms with E-state index in [1.54, 1.807) is 0 Å². The standard InChI is InChI=1S/C22H26ClNO2/c1-24-18-12-19(14-20(24)21(13-18)25-2)26-22(15-6-4-3-5-7-15)16-8-10-17(23)11-9-16/h3-11,18-22H,12-14H2,1-2H3/t18-,19+,20-,21+,22?/m0/s1.